The zero-order valence-corrected chi connectivity index (χ0v) is 9.77. The molecule has 0 bridgehead atoms. The van der Waals surface area contributed by atoms with E-state index in [2.05, 4.69) is 5.10 Å². The van der Waals surface area contributed by atoms with Gasteiger partial charge in [0.05, 0.1) is 11.3 Å². The van der Waals surface area contributed by atoms with Crippen LogP contribution in [-0.2, 0) is 6.18 Å². The average molecular weight is 270 g/mol. The number of hydrogen-bond acceptors (Lipinski definition) is 3. The van der Waals surface area contributed by atoms with Crippen LogP contribution in [0.25, 0.3) is 5.69 Å². The third-order valence-electron chi connectivity index (χ3n) is 2.51. The molecule has 0 fully saturated rings. The summed E-state index contributed by atoms with van der Waals surface area (Å²) in [5.41, 5.74) is -1.07. The smallest absolute Gasteiger partial charge is 0.416 e. The summed E-state index contributed by atoms with van der Waals surface area (Å²) in [5, 5.41) is 12.8. The number of rotatable bonds is 1. The summed E-state index contributed by atoms with van der Waals surface area (Å²) in [6, 6.07) is 5.56. The molecule has 1 heterocycles. The Morgan fingerprint density at radius 1 is 1.26 bits per heavy atom. The van der Waals surface area contributed by atoms with Crippen LogP contribution >= 0.6 is 0 Å². The van der Waals surface area contributed by atoms with E-state index in [9.17, 15) is 23.1 Å². The van der Waals surface area contributed by atoms with Crippen molar-refractivity contribution >= 4 is 0 Å². The molecule has 19 heavy (non-hydrogen) atoms. The van der Waals surface area contributed by atoms with Crippen LogP contribution in [0.4, 0.5) is 13.2 Å². The fourth-order valence-corrected chi connectivity index (χ4v) is 1.61. The van der Waals surface area contributed by atoms with Crippen LogP contribution in [0.15, 0.2) is 35.1 Å². The first-order chi connectivity index (χ1) is 8.79. The van der Waals surface area contributed by atoms with Crippen molar-refractivity contribution in [1.29, 1.82) is 0 Å². The minimum atomic E-state index is -4.47. The van der Waals surface area contributed by atoms with E-state index in [-0.39, 0.29) is 5.69 Å². The second kappa shape index (κ2) is 4.42. The summed E-state index contributed by atoms with van der Waals surface area (Å²) in [6.07, 6.45) is -4.47. The Morgan fingerprint density at radius 2 is 1.95 bits per heavy atom. The first-order valence-electron chi connectivity index (χ1n) is 5.26. The van der Waals surface area contributed by atoms with Gasteiger partial charge in [-0.25, -0.2) is 4.68 Å². The number of halogens is 3. The van der Waals surface area contributed by atoms with Crippen molar-refractivity contribution in [3.05, 3.63) is 51.8 Å². The van der Waals surface area contributed by atoms with Crippen molar-refractivity contribution in [3.8, 4) is 11.6 Å². The summed E-state index contributed by atoms with van der Waals surface area (Å²) in [5.74, 6) is -0.761. The molecule has 2 aromatic rings. The number of aromatic hydroxyl groups is 1. The van der Waals surface area contributed by atoms with Gasteiger partial charge in [-0.2, -0.15) is 13.2 Å². The van der Waals surface area contributed by atoms with Gasteiger partial charge in [0.2, 0.25) is 5.43 Å². The van der Waals surface area contributed by atoms with E-state index in [4.69, 9.17) is 0 Å². The number of aromatic nitrogens is 2. The highest BCUT2D eigenvalue weighted by Crippen LogP contribution is 2.30. The molecule has 1 N–H and O–H groups in total. The van der Waals surface area contributed by atoms with Gasteiger partial charge in [0.25, 0.3) is 5.88 Å². The molecule has 0 saturated heterocycles. The second-order valence-corrected chi connectivity index (χ2v) is 3.93. The zero-order valence-electron chi connectivity index (χ0n) is 9.77. The van der Waals surface area contributed by atoms with Gasteiger partial charge in [-0.1, -0.05) is 6.07 Å². The lowest BCUT2D eigenvalue weighted by atomic mass is 10.2. The van der Waals surface area contributed by atoms with Crippen molar-refractivity contribution in [2.24, 2.45) is 0 Å². The molecule has 0 atom stereocenters. The summed E-state index contributed by atoms with van der Waals surface area (Å²) >= 11 is 0. The molecule has 2 rings (SSSR count). The molecular weight excluding hydrogens is 261 g/mol. The van der Waals surface area contributed by atoms with Gasteiger partial charge in [0.1, 0.15) is 0 Å². The Morgan fingerprint density at radius 3 is 2.58 bits per heavy atom. The van der Waals surface area contributed by atoms with Gasteiger partial charge < -0.3 is 5.11 Å². The molecule has 0 aliphatic heterocycles. The van der Waals surface area contributed by atoms with E-state index in [1.807, 2.05) is 0 Å². The normalized spacial score (nSPS) is 11.6. The fourth-order valence-electron chi connectivity index (χ4n) is 1.61. The number of benzene rings is 1. The van der Waals surface area contributed by atoms with Gasteiger partial charge in [-0.3, -0.25) is 4.79 Å². The molecule has 1 aromatic carbocycles. The maximum absolute atomic E-state index is 12.6. The number of alkyl halides is 3. The maximum atomic E-state index is 12.6. The molecule has 0 saturated carbocycles. The summed E-state index contributed by atoms with van der Waals surface area (Å²) in [7, 11) is 0. The van der Waals surface area contributed by atoms with Crippen LogP contribution in [0.1, 0.15) is 11.3 Å². The number of nitrogens with zero attached hydrogens (tertiary/aromatic N) is 2. The molecule has 0 aliphatic carbocycles. The van der Waals surface area contributed by atoms with Gasteiger partial charge in [0, 0.05) is 11.8 Å². The van der Waals surface area contributed by atoms with Crippen LogP contribution in [0.3, 0.4) is 0 Å². The van der Waals surface area contributed by atoms with Crippen molar-refractivity contribution in [3.63, 3.8) is 0 Å². The zero-order chi connectivity index (χ0) is 14.2. The van der Waals surface area contributed by atoms with E-state index >= 15 is 0 Å². The SMILES string of the molecule is Cc1cc(=O)c(O)nn1-c1cccc(C(F)(F)F)c1. The monoisotopic (exact) mass is 270 g/mol. The molecule has 100 valence electrons. The van der Waals surface area contributed by atoms with Crippen LogP contribution in [-0.4, -0.2) is 14.9 Å². The Kier molecular flexibility index (Phi) is 3.05. The molecule has 1 aromatic heterocycles. The Balaban J connectivity index is 2.60. The van der Waals surface area contributed by atoms with Crippen LogP contribution in [0.2, 0.25) is 0 Å². The van der Waals surface area contributed by atoms with Crippen molar-refractivity contribution in [2.75, 3.05) is 0 Å². The molecular formula is C12H9F3N2O2. The predicted octanol–water partition coefficient (Wildman–Crippen LogP) is 2.27. The molecule has 4 nitrogen and oxygen atoms in total. The van der Waals surface area contributed by atoms with E-state index in [1.165, 1.54) is 19.1 Å². The van der Waals surface area contributed by atoms with Gasteiger partial charge >= 0.3 is 6.18 Å². The lowest BCUT2D eigenvalue weighted by Crippen LogP contribution is -2.13. The molecule has 0 radical (unpaired) electrons. The molecule has 0 amide bonds. The van der Waals surface area contributed by atoms with Gasteiger partial charge in [-0.05, 0) is 25.1 Å². The largest absolute Gasteiger partial charge is 0.489 e. The van der Waals surface area contributed by atoms with Crippen LogP contribution < -0.4 is 5.43 Å². The Bertz CT molecular complexity index is 677. The van der Waals surface area contributed by atoms with E-state index in [0.29, 0.717) is 5.69 Å². The first-order valence-corrected chi connectivity index (χ1v) is 5.26. The second-order valence-electron chi connectivity index (χ2n) is 3.93. The lowest BCUT2D eigenvalue weighted by molar-refractivity contribution is -0.137. The van der Waals surface area contributed by atoms with Crippen molar-refractivity contribution < 1.29 is 18.3 Å². The van der Waals surface area contributed by atoms with Crippen molar-refractivity contribution in [2.45, 2.75) is 13.1 Å². The van der Waals surface area contributed by atoms with Crippen LogP contribution in [0, 0.1) is 6.92 Å². The van der Waals surface area contributed by atoms with Gasteiger partial charge in [-0.15, -0.1) is 5.10 Å². The van der Waals surface area contributed by atoms with Crippen LogP contribution in [0.5, 0.6) is 5.88 Å². The summed E-state index contributed by atoms with van der Waals surface area (Å²) in [4.78, 5) is 11.1. The molecule has 0 spiro atoms. The quantitative estimate of drug-likeness (QED) is 0.864. The Labute approximate surface area is 105 Å². The highest BCUT2D eigenvalue weighted by molar-refractivity contribution is 5.38. The fraction of sp³-hybridized carbons (Fsp3) is 0.167. The average Bonchev–Trinajstić information content (AvgIpc) is 2.33. The van der Waals surface area contributed by atoms with Gasteiger partial charge in [0.15, 0.2) is 0 Å². The highest BCUT2D eigenvalue weighted by Gasteiger charge is 2.30. The number of hydrogen-bond donors (Lipinski definition) is 1. The Hall–Kier alpha value is -2.31. The lowest BCUT2D eigenvalue weighted by Gasteiger charge is -2.12. The number of aryl methyl sites for hydroxylation is 1. The first kappa shape index (κ1) is 13.1. The molecule has 7 heteroatoms. The van der Waals surface area contributed by atoms with Crippen molar-refractivity contribution in [1.82, 2.24) is 9.78 Å². The molecule has 0 unspecified atom stereocenters. The summed E-state index contributed by atoms with van der Waals surface area (Å²) in [6.45, 7) is 1.51. The topological polar surface area (TPSA) is 55.1 Å². The summed E-state index contributed by atoms with van der Waals surface area (Å²) < 4.78 is 38.9. The van der Waals surface area contributed by atoms with E-state index < -0.39 is 23.0 Å². The highest BCUT2D eigenvalue weighted by atomic mass is 19.4. The minimum Gasteiger partial charge on any atom is -0.489 e. The third-order valence-corrected chi connectivity index (χ3v) is 2.51. The van der Waals surface area contributed by atoms with E-state index in [1.54, 1.807) is 0 Å². The molecule has 0 aliphatic rings. The standard InChI is InChI=1S/C12H9F3N2O2/c1-7-5-10(18)11(19)16-17(7)9-4-2-3-8(6-9)12(13,14)15/h2-6H,1H3,(H,16,19). The minimum absolute atomic E-state index is 0.114. The maximum Gasteiger partial charge on any atom is 0.416 e. The van der Waals surface area contributed by atoms with E-state index in [0.717, 1.165) is 22.9 Å². The third kappa shape index (κ3) is 2.59. The predicted molar refractivity (Wildman–Crippen MR) is 61.2 cm³/mol.